The number of aromatic nitrogens is 2. The zero-order chi connectivity index (χ0) is 12.9. The van der Waals surface area contributed by atoms with Gasteiger partial charge in [-0.15, -0.1) is 0 Å². The molecule has 0 aromatic carbocycles. The second kappa shape index (κ2) is 3.84. The van der Waals surface area contributed by atoms with Crippen LogP contribution in [0.4, 0.5) is 11.6 Å². The van der Waals surface area contributed by atoms with Crippen molar-refractivity contribution in [3.05, 3.63) is 11.4 Å². The van der Waals surface area contributed by atoms with E-state index in [1.807, 2.05) is 7.05 Å². The van der Waals surface area contributed by atoms with Gasteiger partial charge in [-0.3, -0.25) is 0 Å². The molecule has 1 aromatic rings. The summed E-state index contributed by atoms with van der Waals surface area (Å²) in [5.41, 5.74) is 1.54. The molecule has 2 aliphatic rings. The highest BCUT2D eigenvalue weighted by molar-refractivity contribution is 5.58. The summed E-state index contributed by atoms with van der Waals surface area (Å²) < 4.78 is 0. The molecule has 1 atom stereocenters. The van der Waals surface area contributed by atoms with Crippen molar-refractivity contribution >= 4 is 11.6 Å². The van der Waals surface area contributed by atoms with E-state index in [4.69, 9.17) is 4.98 Å². The van der Waals surface area contributed by atoms with Crippen LogP contribution in [-0.2, 0) is 0 Å². The fourth-order valence-corrected chi connectivity index (χ4v) is 2.32. The molecule has 18 heavy (non-hydrogen) atoms. The molecule has 1 unspecified atom stereocenters. The van der Waals surface area contributed by atoms with Crippen LogP contribution in [0.15, 0.2) is 0 Å². The summed E-state index contributed by atoms with van der Waals surface area (Å²) in [4.78, 5) is 9.34. The Morgan fingerprint density at radius 3 is 2.28 bits per heavy atom. The van der Waals surface area contributed by atoms with Gasteiger partial charge in [0, 0.05) is 24.6 Å². The van der Waals surface area contributed by atoms with E-state index < -0.39 is 0 Å². The molecular formula is C14H22N4. The lowest BCUT2D eigenvalue weighted by atomic mass is 10.2. The van der Waals surface area contributed by atoms with Gasteiger partial charge in [-0.1, -0.05) is 13.8 Å². The van der Waals surface area contributed by atoms with E-state index >= 15 is 0 Å². The van der Waals surface area contributed by atoms with Crippen molar-refractivity contribution in [3.63, 3.8) is 0 Å². The highest BCUT2D eigenvalue weighted by Gasteiger charge is 2.46. The fraction of sp³-hybridized carbons (Fsp3) is 0.714. The Balaban J connectivity index is 1.89. The Kier molecular flexibility index (Phi) is 2.50. The van der Waals surface area contributed by atoms with E-state index in [2.05, 4.69) is 36.4 Å². The van der Waals surface area contributed by atoms with Crippen LogP contribution in [0, 0.1) is 12.3 Å². The average Bonchev–Trinajstić information content (AvgIpc) is 3.20. The molecule has 0 saturated heterocycles. The molecular weight excluding hydrogens is 224 g/mol. The van der Waals surface area contributed by atoms with Crippen LogP contribution in [0.1, 0.15) is 50.4 Å². The van der Waals surface area contributed by atoms with Gasteiger partial charge in [0.05, 0.1) is 0 Å². The summed E-state index contributed by atoms with van der Waals surface area (Å²) in [7, 11) is 1.93. The Morgan fingerprint density at radius 2 is 1.78 bits per heavy atom. The first-order chi connectivity index (χ1) is 8.51. The Labute approximate surface area is 109 Å². The zero-order valence-corrected chi connectivity index (χ0v) is 11.7. The molecule has 4 nitrogen and oxygen atoms in total. The normalized spacial score (nSPS) is 24.8. The molecule has 0 radical (unpaired) electrons. The molecule has 1 aromatic heterocycles. The van der Waals surface area contributed by atoms with Gasteiger partial charge in [-0.25, -0.2) is 9.97 Å². The van der Waals surface area contributed by atoms with E-state index in [1.54, 1.807) is 0 Å². The van der Waals surface area contributed by atoms with Crippen molar-refractivity contribution < 1.29 is 0 Å². The number of hydrogen-bond donors (Lipinski definition) is 2. The predicted molar refractivity (Wildman–Crippen MR) is 74.1 cm³/mol. The topological polar surface area (TPSA) is 49.8 Å². The van der Waals surface area contributed by atoms with E-state index in [0.29, 0.717) is 17.4 Å². The van der Waals surface area contributed by atoms with Crippen molar-refractivity contribution in [1.82, 2.24) is 9.97 Å². The smallest absolute Gasteiger partial charge is 0.136 e. The van der Waals surface area contributed by atoms with E-state index in [9.17, 15) is 0 Å². The molecule has 1 heterocycles. The van der Waals surface area contributed by atoms with E-state index in [1.165, 1.54) is 19.3 Å². The number of nitrogens with zero attached hydrogens (tertiary/aromatic N) is 2. The van der Waals surface area contributed by atoms with Crippen molar-refractivity contribution in [2.45, 2.75) is 52.0 Å². The highest BCUT2D eigenvalue weighted by Crippen LogP contribution is 2.47. The fourth-order valence-electron chi connectivity index (χ4n) is 2.32. The lowest BCUT2D eigenvalue weighted by Crippen LogP contribution is -2.14. The second-order valence-electron chi connectivity index (χ2n) is 6.32. The van der Waals surface area contributed by atoms with Gasteiger partial charge in [0.25, 0.3) is 0 Å². The minimum absolute atomic E-state index is 0.414. The second-order valence-corrected chi connectivity index (χ2v) is 6.32. The zero-order valence-electron chi connectivity index (χ0n) is 11.7. The first-order valence-corrected chi connectivity index (χ1v) is 6.84. The molecule has 2 fully saturated rings. The van der Waals surface area contributed by atoms with Crippen LogP contribution < -0.4 is 10.6 Å². The number of nitrogens with one attached hydrogen (secondary N) is 2. The van der Waals surface area contributed by atoms with Gasteiger partial charge in [-0.05, 0) is 31.6 Å². The monoisotopic (exact) mass is 246 g/mol. The summed E-state index contributed by atoms with van der Waals surface area (Å²) in [6.45, 7) is 6.67. The molecule has 0 aliphatic heterocycles. The molecule has 0 amide bonds. The maximum Gasteiger partial charge on any atom is 0.136 e. The number of rotatable bonds is 4. The minimum Gasteiger partial charge on any atom is -0.373 e. The first-order valence-electron chi connectivity index (χ1n) is 6.84. The molecule has 2 aliphatic carbocycles. The maximum absolute atomic E-state index is 4.73. The van der Waals surface area contributed by atoms with Gasteiger partial charge >= 0.3 is 0 Å². The van der Waals surface area contributed by atoms with E-state index in [-0.39, 0.29) is 0 Å². The van der Waals surface area contributed by atoms with Gasteiger partial charge in [0.2, 0.25) is 0 Å². The SMILES string of the molecule is CNc1nc(C2CC2)nc(NC2CC2(C)C)c1C. The van der Waals surface area contributed by atoms with Gasteiger partial charge in [-0.2, -0.15) is 0 Å². The van der Waals surface area contributed by atoms with Gasteiger partial charge in [0.15, 0.2) is 0 Å². The highest BCUT2D eigenvalue weighted by atomic mass is 15.1. The van der Waals surface area contributed by atoms with Crippen molar-refractivity contribution in [2.24, 2.45) is 5.41 Å². The third kappa shape index (κ3) is 2.04. The van der Waals surface area contributed by atoms with Crippen LogP contribution in [-0.4, -0.2) is 23.1 Å². The summed E-state index contributed by atoms with van der Waals surface area (Å²) in [6.07, 6.45) is 3.70. The van der Waals surface area contributed by atoms with Crippen LogP contribution in [0.2, 0.25) is 0 Å². The Morgan fingerprint density at radius 1 is 1.17 bits per heavy atom. The summed E-state index contributed by atoms with van der Waals surface area (Å²) in [5.74, 6) is 3.58. The predicted octanol–water partition coefficient (Wildman–Crippen LogP) is 2.91. The van der Waals surface area contributed by atoms with Crippen molar-refractivity contribution in [3.8, 4) is 0 Å². The average molecular weight is 246 g/mol. The van der Waals surface area contributed by atoms with Crippen molar-refractivity contribution in [2.75, 3.05) is 17.7 Å². The lowest BCUT2D eigenvalue weighted by Gasteiger charge is -2.14. The van der Waals surface area contributed by atoms with Crippen LogP contribution in [0.25, 0.3) is 0 Å². The molecule has 2 N–H and O–H groups in total. The quantitative estimate of drug-likeness (QED) is 0.857. The summed E-state index contributed by atoms with van der Waals surface area (Å²) >= 11 is 0. The minimum atomic E-state index is 0.414. The lowest BCUT2D eigenvalue weighted by molar-refractivity contribution is 0.629. The van der Waals surface area contributed by atoms with Gasteiger partial charge in [0.1, 0.15) is 17.5 Å². The molecule has 2 saturated carbocycles. The number of hydrogen-bond acceptors (Lipinski definition) is 4. The number of anilines is 2. The molecule has 3 rings (SSSR count). The molecule has 98 valence electrons. The van der Waals surface area contributed by atoms with E-state index in [0.717, 1.165) is 23.0 Å². The van der Waals surface area contributed by atoms with Crippen LogP contribution in [0.5, 0.6) is 0 Å². The Hall–Kier alpha value is -1.32. The standard InChI is InChI=1S/C14H22N4/c1-8-11(15-4)17-13(9-5-6-9)18-12(8)16-10-7-14(10,2)3/h9-10H,5-7H2,1-4H3,(H2,15,16,17,18). The van der Waals surface area contributed by atoms with Crippen LogP contribution in [0.3, 0.4) is 0 Å². The molecule has 0 spiro atoms. The molecule has 0 bridgehead atoms. The maximum atomic E-state index is 4.73. The van der Waals surface area contributed by atoms with Gasteiger partial charge < -0.3 is 10.6 Å². The van der Waals surface area contributed by atoms with Crippen LogP contribution >= 0.6 is 0 Å². The summed E-state index contributed by atoms with van der Waals surface area (Å²) in [6, 6.07) is 0.558. The largest absolute Gasteiger partial charge is 0.373 e. The molecule has 4 heteroatoms. The third-order valence-corrected chi connectivity index (χ3v) is 4.17. The third-order valence-electron chi connectivity index (χ3n) is 4.17. The first kappa shape index (κ1) is 11.8. The van der Waals surface area contributed by atoms with Crippen molar-refractivity contribution in [1.29, 1.82) is 0 Å². The summed E-state index contributed by atoms with van der Waals surface area (Å²) in [5, 5.41) is 6.76. The Bertz CT molecular complexity index is 477.